The molecule has 1 atom stereocenters. The highest BCUT2D eigenvalue weighted by atomic mass is 32.1. The van der Waals surface area contributed by atoms with Gasteiger partial charge in [-0.15, -0.1) is 11.3 Å². The van der Waals surface area contributed by atoms with Crippen LogP contribution >= 0.6 is 11.3 Å². The van der Waals surface area contributed by atoms with Crippen LogP contribution in [-0.2, 0) is 9.53 Å². The lowest BCUT2D eigenvalue weighted by Crippen LogP contribution is -2.37. The molecule has 1 aromatic carbocycles. The summed E-state index contributed by atoms with van der Waals surface area (Å²) in [5.41, 5.74) is 1.73. The number of rotatable bonds is 6. The number of benzene rings is 1. The molecule has 6 nitrogen and oxygen atoms in total. The van der Waals surface area contributed by atoms with Crippen LogP contribution in [0.2, 0.25) is 0 Å². The SMILES string of the molecule is C[C@@H](OC(=O)c1cn(-c2ccccc2)nc1-c1cccs1)C(=O)NC1CC1. The van der Waals surface area contributed by atoms with E-state index in [4.69, 9.17) is 4.74 Å². The highest BCUT2D eigenvalue weighted by molar-refractivity contribution is 7.13. The predicted octanol–water partition coefficient (Wildman–Crippen LogP) is 3.42. The van der Waals surface area contributed by atoms with Crippen molar-refractivity contribution < 1.29 is 14.3 Å². The van der Waals surface area contributed by atoms with Crippen LogP contribution in [0.1, 0.15) is 30.1 Å². The van der Waals surface area contributed by atoms with Gasteiger partial charge < -0.3 is 10.1 Å². The molecule has 0 bridgehead atoms. The van der Waals surface area contributed by atoms with Crippen LogP contribution in [0.25, 0.3) is 16.3 Å². The Bertz CT molecular complexity index is 946. The third-order valence-corrected chi connectivity index (χ3v) is 5.16. The minimum Gasteiger partial charge on any atom is -0.449 e. The van der Waals surface area contributed by atoms with E-state index in [0.29, 0.717) is 11.3 Å². The normalized spacial score (nSPS) is 14.6. The summed E-state index contributed by atoms with van der Waals surface area (Å²) in [6.45, 7) is 1.59. The fourth-order valence-electron chi connectivity index (χ4n) is 2.66. The van der Waals surface area contributed by atoms with E-state index in [0.717, 1.165) is 23.4 Å². The monoisotopic (exact) mass is 381 g/mol. The molecule has 1 fully saturated rings. The van der Waals surface area contributed by atoms with Crippen molar-refractivity contribution in [1.29, 1.82) is 0 Å². The first-order valence-corrected chi connectivity index (χ1v) is 9.70. The fourth-order valence-corrected chi connectivity index (χ4v) is 3.38. The zero-order chi connectivity index (χ0) is 18.8. The van der Waals surface area contributed by atoms with Gasteiger partial charge in [0, 0.05) is 12.2 Å². The number of ether oxygens (including phenoxy) is 1. The first kappa shape index (κ1) is 17.5. The average Bonchev–Trinajstić information content (AvgIpc) is 3.16. The van der Waals surface area contributed by atoms with Crippen molar-refractivity contribution in [2.75, 3.05) is 0 Å². The van der Waals surface area contributed by atoms with E-state index in [9.17, 15) is 9.59 Å². The molecule has 2 heterocycles. The Balaban J connectivity index is 1.61. The fraction of sp³-hybridized carbons (Fsp3) is 0.250. The van der Waals surface area contributed by atoms with Crippen molar-refractivity contribution in [2.45, 2.75) is 31.9 Å². The van der Waals surface area contributed by atoms with E-state index in [2.05, 4.69) is 10.4 Å². The van der Waals surface area contributed by atoms with Gasteiger partial charge in [0.15, 0.2) is 6.10 Å². The van der Waals surface area contributed by atoms with E-state index in [1.54, 1.807) is 17.8 Å². The molecule has 1 saturated carbocycles. The zero-order valence-electron chi connectivity index (χ0n) is 14.8. The topological polar surface area (TPSA) is 73.2 Å². The number of nitrogens with one attached hydrogen (secondary N) is 1. The molecule has 0 radical (unpaired) electrons. The average molecular weight is 381 g/mol. The maximum absolute atomic E-state index is 12.8. The number of para-hydroxylation sites is 1. The quantitative estimate of drug-likeness (QED) is 0.664. The number of hydrogen-bond donors (Lipinski definition) is 1. The lowest BCUT2D eigenvalue weighted by Gasteiger charge is -2.12. The molecule has 27 heavy (non-hydrogen) atoms. The number of nitrogens with zero attached hydrogens (tertiary/aromatic N) is 2. The smallest absolute Gasteiger partial charge is 0.342 e. The maximum atomic E-state index is 12.8. The Morgan fingerprint density at radius 3 is 2.67 bits per heavy atom. The highest BCUT2D eigenvalue weighted by Gasteiger charge is 2.29. The lowest BCUT2D eigenvalue weighted by molar-refractivity contribution is -0.129. The molecule has 0 unspecified atom stereocenters. The Labute approximate surface area is 160 Å². The number of hydrogen-bond acceptors (Lipinski definition) is 5. The van der Waals surface area contributed by atoms with E-state index >= 15 is 0 Å². The summed E-state index contributed by atoms with van der Waals surface area (Å²) >= 11 is 1.50. The van der Waals surface area contributed by atoms with Crippen LogP contribution in [0, 0.1) is 0 Å². The molecule has 1 N–H and O–H groups in total. The van der Waals surface area contributed by atoms with Gasteiger partial charge in [0.05, 0.1) is 10.6 Å². The predicted molar refractivity (Wildman–Crippen MR) is 103 cm³/mol. The second-order valence-corrected chi connectivity index (χ2v) is 7.43. The summed E-state index contributed by atoms with van der Waals surface area (Å²) in [6, 6.07) is 13.6. The Morgan fingerprint density at radius 2 is 2.00 bits per heavy atom. The molecule has 0 spiro atoms. The van der Waals surface area contributed by atoms with Crippen molar-refractivity contribution in [3.8, 4) is 16.3 Å². The number of aromatic nitrogens is 2. The molecule has 138 valence electrons. The molecule has 2 aromatic heterocycles. The van der Waals surface area contributed by atoms with Crippen LogP contribution in [-0.4, -0.2) is 33.8 Å². The van der Waals surface area contributed by atoms with Gasteiger partial charge in [-0.2, -0.15) is 5.10 Å². The number of amides is 1. The van der Waals surface area contributed by atoms with E-state index in [-0.39, 0.29) is 11.9 Å². The minimum absolute atomic E-state index is 0.223. The Morgan fingerprint density at radius 1 is 1.22 bits per heavy atom. The van der Waals surface area contributed by atoms with Gasteiger partial charge >= 0.3 is 5.97 Å². The van der Waals surface area contributed by atoms with Crippen molar-refractivity contribution in [1.82, 2.24) is 15.1 Å². The third kappa shape index (κ3) is 3.93. The molecule has 1 aliphatic carbocycles. The standard InChI is InChI=1S/C20H19N3O3S/c1-13(19(24)21-14-9-10-14)26-20(25)16-12-23(15-6-3-2-4-7-15)22-18(16)17-8-5-11-27-17/h2-8,11-14H,9-10H2,1H3,(H,21,24)/t13-/m1/s1. The molecule has 4 rings (SSSR count). The summed E-state index contributed by atoms with van der Waals surface area (Å²) in [6.07, 6.45) is 2.77. The number of carbonyl (C=O) groups excluding carboxylic acids is 2. The summed E-state index contributed by atoms with van der Waals surface area (Å²) in [4.78, 5) is 25.7. The van der Waals surface area contributed by atoms with Crippen LogP contribution < -0.4 is 5.32 Å². The molecule has 3 aromatic rings. The van der Waals surface area contributed by atoms with Crippen molar-refractivity contribution in [2.24, 2.45) is 0 Å². The summed E-state index contributed by atoms with van der Waals surface area (Å²) in [7, 11) is 0. The molecular weight excluding hydrogens is 362 g/mol. The van der Waals surface area contributed by atoms with Gasteiger partial charge in [0.1, 0.15) is 11.3 Å². The van der Waals surface area contributed by atoms with E-state index in [1.165, 1.54) is 11.3 Å². The largest absolute Gasteiger partial charge is 0.449 e. The molecule has 0 aliphatic heterocycles. The van der Waals surface area contributed by atoms with Crippen molar-refractivity contribution in [3.05, 3.63) is 59.6 Å². The van der Waals surface area contributed by atoms with Crippen LogP contribution in [0.3, 0.4) is 0 Å². The second kappa shape index (κ2) is 7.36. The second-order valence-electron chi connectivity index (χ2n) is 6.48. The number of thiophene rings is 1. The van der Waals surface area contributed by atoms with Gasteiger partial charge in [-0.05, 0) is 43.3 Å². The Kier molecular flexibility index (Phi) is 4.77. The van der Waals surface area contributed by atoms with Gasteiger partial charge in [-0.25, -0.2) is 9.48 Å². The van der Waals surface area contributed by atoms with Gasteiger partial charge in [0.2, 0.25) is 0 Å². The zero-order valence-corrected chi connectivity index (χ0v) is 15.6. The number of carbonyl (C=O) groups is 2. The summed E-state index contributed by atoms with van der Waals surface area (Å²) in [5.74, 6) is -0.821. The minimum atomic E-state index is -0.852. The number of esters is 1. The molecule has 1 aliphatic rings. The van der Waals surface area contributed by atoms with Gasteiger partial charge in [-0.3, -0.25) is 4.79 Å². The van der Waals surface area contributed by atoms with Crippen LogP contribution in [0.5, 0.6) is 0 Å². The summed E-state index contributed by atoms with van der Waals surface area (Å²) in [5, 5.41) is 9.36. The maximum Gasteiger partial charge on any atom is 0.342 e. The first-order valence-electron chi connectivity index (χ1n) is 8.82. The van der Waals surface area contributed by atoms with Crippen molar-refractivity contribution in [3.63, 3.8) is 0 Å². The lowest BCUT2D eigenvalue weighted by atomic mass is 10.2. The van der Waals surface area contributed by atoms with Gasteiger partial charge in [0.25, 0.3) is 5.91 Å². The van der Waals surface area contributed by atoms with Crippen molar-refractivity contribution >= 4 is 23.2 Å². The first-order chi connectivity index (χ1) is 13.1. The molecular formula is C20H19N3O3S. The highest BCUT2D eigenvalue weighted by Crippen LogP contribution is 2.28. The van der Waals surface area contributed by atoms with E-state index in [1.807, 2.05) is 47.8 Å². The molecule has 1 amide bonds. The Hall–Kier alpha value is -2.93. The van der Waals surface area contributed by atoms with Crippen LogP contribution in [0.4, 0.5) is 0 Å². The van der Waals surface area contributed by atoms with Gasteiger partial charge in [-0.1, -0.05) is 24.3 Å². The third-order valence-electron chi connectivity index (χ3n) is 4.29. The molecule has 7 heteroatoms. The molecule has 0 saturated heterocycles. The summed E-state index contributed by atoms with van der Waals surface area (Å²) < 4.78 is 7.07. The van der Waals surface area contributed by atoms with E-state index < -0.39 is 12.1 Å². The van der Waals surface area contributed by atoms with Crippen LogP contribution in [0.15, 0.2) is 54.0 Å².